The average molecular weight is 295 g/mol. The smallest absolute Gasteiger partial charge is 0.236 e. The monoisotopic (exact) mass is 295 g/mol. The van der Waals surface area contributed by atoms with Gasteiger partial charge in [-0.15, -0.1) is 11.3 Å². The number of amides is 1. The summed E-state index contributed by atoms with van der Waals surface area (Å²) in [5.41, 5.74) is 0. The minimum absolute atomic E-state index is 0.209. The van der Waals surface area contributed by atoms with Crippen molar-refractivity contribution < 1.29 is 9.53 Å². The number of ether oxygens (including phenoxy) is 1. The Morgan fingerprint density at radius 3 is 3.00 bits per heavy atom. The van der Waals surface area contributed by atoms with E-state index in [0.717, 1.165) is 25.6 Å². The molecule has 0 spiro atoms. The van der Waals surface area contributed by atoms with Gasteiger partial charge in [-0.2, -0.15) is 0 Å². The minimum atomic E-state index is 0.209. The first kappa shape index (κ1) is 14.0. The number of hydrogen-bond donors (Lipinski definition) is 0. The van der Waals surface area contributed by atoms with E-state index in [9.17, 15) is 4.79 Å². The molecule has 2 aliphatic rings. The van der Waals surface area contributed by atoms with Crippen LogP contribution in [-0.2, 0) is 16.1 Å². The van der Waals surface area contributed by atoms with Gasteiger partial charge in [0.25, 0.3) is 0 Å². The molecule has 3 rings (SSSR count). The van der Waals surface area contributed by atoms with Crippen molar-refractivity contribution >= 4 is 17.2 Å². The zero-order chi connectivity index (χ0) is 13.9. The van der Waals surface area contributed by atoms with Gasteiger partial charge in [-0.05, 0) is 12.8 Å². The van der Waals surface area contributed by atoms with E-state index < -0.39 is 0 Å². The van der Waals surface area contributed by atoms with Gasteiger partial charge in [0.05, 0.1) is 18.2 Å². The van der Waals surface area contributed by atoms with E-state index in [1.807, 2.05) is 22.4 Å². The first-order valence-corrected chi connectivity index (χ1v) is 8.01. The van der Waals surface area contributed by atoms with Gasteiger partial charge in [-0.3, -0.25) is 9.69 Å². The molecule has 6 heteroatoms. The lowest BCUT2D eigenvalue weighted by Crippen LogP contribution is -2.50. The first-order chi connectivity index (χ1) is 9.76. The zero-order valence-electron chi connectivity index (χ0n) is 11.9. The maximum absolute atomic E-state index is 12.0. The normalized spacial score (nSPS) is 20.6. The zero-order valence-corrected chi connectivity index (χ0v) is 12.7. The van der Waals surface area contributed by atoms with Crippen LogP contribution in [0.4, 0.5) is 0 Å². The molecule has 1 aromatic heterocycles. The van der Waals surface area contributed by atoms with Crippen LogP contribution in [0.25, 0.3) is 0 Å². The molecular weight excluding hydrogens is 274 g/mol. The summed E-state index contributed by atoms with van der Waals surface area (Å²) >= 11 is 1.82. The molecule has 1 amide bonds. The Morgan fingerprint density at radius 2 is 2.30 bits per heavy atom. The van der Waals surface area contributed by atoms with E-state index in [1.165, 1.54) is 22.7 Å². The molecule has 0 aromatic carbocycles. The lowest BCUT2D eigenvalue weighted by atomic mass is 10.3. The van der Waals surface area contributed by atoms with Crippen LogP contribution in [0.1, 0.15) is 28.6 Å². The van der Waals surface area contributed by atoms with Crippen LogP contribution in [0.2, 0.25) is 0 Å². The Morgan fingerprint density at radius 1 is 1.45 bits per heavy atom. The van der Waals surface area contributed by atoms with Crippen LogP contribution in [-0.4, -0.2) is 60.6 Å². The fourth-order valence-corrected chi connectivity index (χ4v) is 3.59. The summed E-state index contributed by atoms with van der Waals surface area (Å²) in [6, 6.07) is 0. The SMILES string of the molecule is COCCN1CCN(Cc2cnc(C3CC3)s2)CC1=O. The Balaban J connectivity index is 1.50. The maximum atomic E-state index is 12.0. The second-order valence-corrected chi connectivity index (χ2v) is 6.67. The molecule has 2 heterocycles. The van der Waals surface area contributed by atoms with Gasteiger partial charge < -0.3 is 9.64 Å². The first-order valence-electron chi connectivity index (χ1n) is 7.20. The molecule has 2 fully saturated rings. The molecule has 0 atom stereocenters. The highest BCUT2D eigenvalue weighted by Gasteiger charge is 2.28. The summed E-state index contributed by atoms with van der Waals surface area (Å²) in [4.78, 5) is 21.9. The molecule has 0 unspecified atom stereocenters. The quantitative estimate of drug-likeness (QED) is 0.794. The van der Waals surface area contributed by atoms with Crippen molar-refractivity contribution in [3.63, 3.8) is 0 Å². The number of rotatable bonds is 6. The second kappa shape index (κ2) is 6.20. The minimum Gasteiger partial charge on any atom is -0.383 e. The standard InChI is InChI=1S/C14H21N3O2S/c1-19-7-6-17-5-4-16(10-13(17)18)9-12-8-15-14(20-12)11-2-3-11/h8,11H,2-7,9-10H2,1H3. The predicted molar refractivity (Wildman–Crippen MR) is 77.8 cm³/mol. The van der Waals surface area contributed by atoms with Crippen molar-refractivity contribution in [3.8, 4) is 0 Å². The van der Waals surface area contributed by atoms with E-state index in [2.05, 4.69) is 9.88 Å². The molecule has 5 nitrogen and oxygen atoms in total. The average Bonchev–Trinajstić information content (AvgIpc) is 3.19. The van der Waals surface area contributed by atoms with Crippen LogP contribution in [0.5, 0.6) is 0 Å². The molecule has 20 heavy (non-hydrogen) atoms. The highest BCUT2D eigenvalue weighted by atomic mass is 32.1. The summed E-state index contributed by atoms with van der Waals surface area (Å²) in [7, 11) is 1.67. The second-order valence-electron chi connectivity index (χ2n) is 5.52. The van der Waals surface area contributed by atoms with Crippen LogP contribution < -0.4 is 0 Å². The summed E-state index contributed by atoms with van der Waals surface area (Å²) in [5.74, 6) is 0.932. The fourth-order valence-electron chi connectivity index (χ4n) is 2.47. The number of hydrogen-bond acceptors (Lipinski definition) is 5. The Kier molecular flexibility index (Phi) is 4.33. The number of thiazole rings is 1. The van der Waals surface area contributed by atoms with Crippen LogP contribution in [0.15, 0.2) is 6.20 Å². The maximum Gasteiger partial charge on any atom is 0.236 e. The van der Waals surface area contributed by atoms with E-state index in [0.29, 0.717) is 19.7 Å². The van der Waals surface area contributed by atoms with Gasteiger partial charge in [0.15, 0.2) is 0 Å². The third kappa shape index (κ3) is 3.37. The van der Waals surface area contributed by atoms with Crippen LogP contribution in [0, 0.1) is 0 Å². The van der Waals surface area contributed by atoms with Crippen molar-refractivity contribution in [2.75, 3.05) is 39.9 Å². The number of methoxy groups -OCH3 is 1. The highest BCUT2D eigenvalue weighted by Crippen LogP contribution is 2.41. The van der Waals surface area contributed by atoms with Crippen molar-refractivity contribution in [1.29, 1.82) is 0 Å². The number of carbonyl (C=O) groups is 1. The number of carbonyl (C=O) groups excluding carboxylic acids is 1. The van der Waals surface area contributed by atoms with Crippen molar-refractivity contribution in [1.82, 2.24) is 14.8 Å². The topological polar surface area (TPSA) is 45.7 Å². The van der Waals surface area contributed by atoms with E-state index in [1.54, 1.807) is 7.11 Å². The molecule has 0 bridgehead atoms. The molecule has 0 N–H and O–H groups in total. The van der Waals surface area contributed by atoms with Crippen molar-refractivity contribution in [2.24, 2.45) is 0 Å². The number of nitrogens with zero attached hydrogens (tertiary/aromatic N) is 3. The molecule has 1 saturated heterocycles. The van der Waals surface area contributed by atoms with Crippen LogP contribution in [0.3, 0.4) is 0 Å². The van der Waals surface area contributed by atoms with Gasteiger partial charge >= 0.3 is 0 Å². The van der Waals surface area contributed by atoms with E-state index >= 15 is 0 Å². The highest BCUT2D eigenvalue weighted by molar-refractivity contribution is 7.11. The number of piperazine rings is 1. The molecule has 1 saturated carbocycles. The van der Waals surface area contributed by atoms with Gasteiger partial charge in [0.1, 0.15) is 0 Å². The van der Waals surface area contributed by atoms with Gasteiger partial charge in [-0.25, -0.2) is 4.98 Å². The third-order valence-corrected chi connectivity index (χ3v) is 4.99. The number of aromatic nitrogens is 1. The van der Waals surface area contributed by atoms with E-state index in [4.69, 9.17) is 4.74 Å². The Hall–Kier alpha value is -0.980. The molecule has 1 aromatic rings. The Bertz CT molecular complexity index is 473. The van der Waals surface area contributed by atoms with Crippen molar-refractivity contribution in [3.05, 3.63) is 16.1 Å². The summed E-state index contributed by atoms with van der Waals surface area (Å²) in [6.07, 6.45) is 4.58. The fraction of sp³-hybridized carbons (Fsp3) is 0.714. The van der Waals surface area contributed by atoms with Crippen LogP contribution >= 0.6 is 11.3 Å². The molecular formula is C14H21N3O2S. The van der Waals surface area contributed by atoms with E-state index in [-0.39, 0.29) is 5.91 Å². The predicted octanol–water partition coefficient (Wildman–Crippen LogP) is 1.31. The largest absolute Gasteiger partial charge is 0.383 e. The summed E-state index contributed by atoms with van der Waals surface area (Å²) < 4.78 is 5.03. The lowest BCUT2D eigenvalue weighted by molar-refractivity contribution is -0.136. The molecule has 0 radical (unpaired) electrons. The van der Waals surface area contributed by atoms with Gasteiger partial charge in [-0.1, -0.05) is 0 Å². The summed E-state index contributed by atoms with van der Waals surface area (Å²) in [5, 5.41) is 1.28. The molecule has 1 aliphatic heterocycles. The Labute approximate surface area is 123 Å². The third-order valence-electron chi connectivity index (χ3n) is 3.84. The van der Waals surface area contributed by atoms with Gasteiger partial charge in [0, 0.05) is 50.3 Å². The molecule has 110 valence electrons. The van der Waals surface area contributed by atoms with Gasteiger partial charge in [0.2, 0.25) is 5.91 Å². The summed E-state index contributed by atoms with van der Waals surface area (Å²) in [6.45, 7) is 4.43. The molecule has 1 aliphatic carbocycles. The lowest BCUT2D eigenvalue weighted by Gasteiger charge is -2.33. The van der Waals surface area contributed by atoms with Crippen molar-refractivity contribution in [2.45, 2.75) is 25.3 Å².